The van der Waals surface area contributed by atoms with Gasteiger partial charge >= 0.3 is 5.97 Å². The summed E-state index contributed by atoms with van der Waals surface area (Å²) >= 11 is 0. The Kier molecular flexibility index (Phi) is 4.98. The Labute approximate surface area is 144 Å². The normalized spacial score (nSPS) is 18.1. The van der Waals surface area contributed by atoms with Gasteiger partial charge in [0.2, 0.25) is 0 Å². The van der Waals surface area contributed by atoms with Crippen molar-refractivity contribution < 1.29 is 23.2 Å². The van der Waals surface area contributed by atoms with Crippen LogP contribution in [0.4, 0.5) is 5.69 Å². The summed E-state index contributed by atoms with van der Waals surface area (Å²) in [6.45, 7) is 4.55. The van der Waals surface area contributed by atoms with Crippen molar-refractivity contribution in [3.63, 3.8) is 0 Å². The van der Waals surface area contributed by atoms with E-state index >= 15 is 0 Å². The van der Waals surface area contributed by atoms with Crippen LogP contribution in [-0.2, 0) is 14.6 Å². The van der Waals surface area contributed by atoms with E-state index in [1.807, 2.05) is 0 Å². The van der Waals surface area contributed by atoms with Gasteiger partial charge in [0.25, 0.3) is 5.69 Å². The predicted octanol–water partition coefficient (Wildman–Crippen LogP) is 2.31. The molecule has 1 heterocycles. The first-order chi connectivity index (χ1) is 11.6. The monoisotopic (exact) mass is 366 g/mol. The van der Waals surface area contributed by atoms with E-state index in [4.69, 9.17) is 0 Å². The minimum absolute atomic E-state index is 0.0708. The molecule has 0 saturated carbocycles. The van der Waals surface area contributed by atoms with Crippen LogP contribution in [0.1, 0.15) is 32.3 Å². The minimum atomic E-state index is -3.74. The molecule has 0 saturated heterocycles. The molecule has 0 aliphatic carbocycles. The van der Waals surface area contributed by atoms with Gasteiger partial charge in [-0.15, -0.1) is 0 Å². The lowest BCUT2D eigenvalue weighted by molar-refractivity contribution is -0.384. The summed E-state index contributed by atoms with van der Waals surface area (Å²) < 4.78 is 25.2. The van der Waals surface area contributed by atoms with E-state index in [0.29, 0.717) is 11.4 Å². The first-order valence-corrected chi connectivity index (χ1v) is 9.14. The Bertz CT molecular complexity index is 914. The van der Waals surface area contributed by atoms with E-state index in [2.05, 4.69) is 5.32 Å². The molecule has 0 spiro atoms. The maximum atomic E-state index is 12.6. The third kappa shape index (κ3) is 3.41. The fraction of sp³-hybridized carbons (Fsp3) is 0.312. The fourth-order valence-electron chi connectivity index (χ4n) is 2.96. The quantitative estimate of drug-likeness (QED) is 0.604. The number of dihydropyridines is 1. The second-order valence-corrected chi connectivity index (χ2v) is 7.89. The summed E-state index contributed by atoms with van der Waals surface area (Å²) in [7, 11) is -3.74. The van der Waals surface area contributed by atoms with Crippen LogP contribution in [0.3, 0.4) is 0 Å². The Hall–Kier alpha value is -2.68. The minimum Gasteiger partial charge on any atom is -0.478 e. The number of hydrogen-bond donors (Lipinski definition) is 2. The molecule has 1 unspecified atom stereocenters. The van der Waals surface area contributed by atoms with Crippen molar-refractivity contribution in [2.45, 2.75) is 26.7 Å². The van der Waals surface area contributed by atoms with Crippen LogP contribution in [0, 0.1) is 10.1 Å². The molecule has 0 bridgehead atoms. The van der Waals surface area contributed by atoms with Gasteiger partial charge in [0, 0.05) is 23.5 Å². The van der Waals surface area contributed by atoms with Crippen molar-refractivity contribution in [3.05, 3.63) is 61.8 Å². The summed E-state index contributed by atoms with van der Waals surface area (Å²) in [5.41, 5.74) is 0.499. The number of aliphatic carboxylic acids is 1. The number of non-ortho nitro benzene ring substituents is 1. The molecule has 1 aliphatic heterocycles. The Morgan fingerprint density at radius 1 is 1.32 bits per heavy atom. The zero-order valence-corrected chi connectivity index (χ0v) is 14.8. The van der Waals surface area contributed by atoms with E-state index in [9.17, 15) is 28.4 Å². The largest absolute Gasteiger partial charge is 0.478 e. The number of allylic oxidation sites excluding steroid dienone is 3. The second kappa shape index (κ2) is 6.67. The highest BCUT2D eigenvalue weighted by Crippen LogP contribution is 2.41. The van der Waals surface area contributed by atoms with Crippen molar-refractivity contribution in [2.24, 2.45) is 0 Å². The maximum Gasteiger partial charge on any atom is 0.334 e. The molecule has 1 aromatic rings. The van der Waals surface area contributed by atoms with Gasteiger partial charge in [0.15, 0.2) is 9.84 Å². The highest BCUT2D eigenvalue weighted by Gasteiger charge is 2.39. The van der Waals surface area contributed by atoms with Gasteiger partial charge in [-0.1, -0.05) is 19.1 Å². The van der Waals surface area contributed by atoms with Crippen molar-refractivity contribution in [1.29, 1.82) is 0 Å². The molecule has 2 N–H and O–H groups in total. The summed E-state index contributed by atoms with van der Waals surface area (Å²) in [6.07, 6.45) is 0. The van der Waals surface area contributed by atoms with Crippen LogP contribution in [-0.4, -0.2) is 30.2 Å². The van der Waals surface area contributed by atoms with Crippen LogP contribution in [0.15, 0.2) is 46.1 Å². The molecular formula is C16H18N2O6S. The highest BCUT2D eigenvalue weighted by molar-refractivity contribution is 7.95. The Morgan fingerprint density at radius 3 is 2.48 bits per heavy atom. The topological polar surface area (TPSA) is 127 Å². The molecule has 0 amide bonds. The van der Waals surface area contributed by atoms with Crippen molar-refractivity contribution in [3.8, 4) is 0 Å². The van der Waals surface area contributed by atoms with Gasteiger partial charge < -0.3 is 10.4 Å². The van der Waals surface area contributed by atoms with Crippen molar-refractivity contribution >= 4 is 21.5 Å². The number of sulfone groups is 1. The van der Waals surface area contributed by atoms with Gasteiger partial charge in [-0.2, -0.15) is 0 Å². The number of rotatable bonds is 5. The lowest BCUT2D eigenvalue weighted by Crippen LogP contribution is -2.31. The second-order valence-electron chi connectivity index (χ2n) is 5.65. The molecule has 0 fully saturated rings. The summed E-state index contributed by atoms with van der Waals surface area (Å²) in [5, 5.41) is 23.5. The summed E-state index contributed by atoms with van der Waals surface area (Å²) in [4.78, 5) is 22.2. The Balaban J connectivity index is 2.81. The smallest absolute Gasteiger partial charge is 0.334 e. The SMILES string of the molecule is CCS(=O)(=O)C1=C(C)NC(C)=C(C(=O)O)C1c1cccc([N+](=O)[O-])c1. The van der Waals surface area contributed by atoms with E-state index in [1.54, 1.807) is 6.92 Å². The number of carbonyl (C=O) groups is 1. The molecule has 0 aromatic heterocycles. The first-order valence-electron chi connectivity index (χ1n) is 7.49. The molecule has 0 radical (unpaired) electrons. The first kappa shape index (κ1) is 18.7. The molecule has 8 nitrogen and oxygen atoms in total. The van der Waals surface area contributed by atoms with Crippen LogP contribution < -0.4 is 5.32 Å². The van der Waals surface area contributed by atoms with E-state index in [0.717, 1.165) is 0 Å². The van der Waals surface area contributed by atoms with E-state index in [-0.39, 0.29) is 27.5 Å². The van der Waals surface area contributed by atoms with Crippen molar-refractivity contribution in [1.82, 2.24) is 5.32 Å². The molecule has 25 heavy (non-hydrogen) atoms. The summed E-state index contributed by atoms with van der Waals surface area (Å²) in [5.74, 6) is -2.60. The standard InChI is InChI=1S/C16H18N2O6S/c1-4-25(23,24)15-10(3)17-9(2)13(16(19)20)14(15)11-6-5-7-12(8-11)18(21)22/h5-8,14,17H,4H2,1-3H3,(H,19,20). The highest BCUT2D eigenvalue weighted by atomic mass is 32.2. The molecule has 9 heteroatoms. The Morgan fingerprint density at radius 2 is 1.96 bits per heavy atom. The molecular weight excluding hydrogens is 348 g/mol. The lowest BCUT2D eigenvalue weighted by Gasteiger charge is -2.30. The molecule has 2 rings (SSSR count). The zero-order valence-electron chi connectivity index (χ0n) is 13.9. The average molecular weight is 366 g/mol. The number of benzene rings is 1. The van der Waals surface area contributed by atoms with E-state index in [1.165, 1.54) is 38.1 Å². The van der Waals surface area contributed by atoms with Gasteiger partial charge in [0.1, 0.15) is 0 Å². The lowest BCUT2D eigenvalue weighted by atomic mass is 9.86. The molecule has 1 atom stereocenters. The van der Waals surface area contributed by atoms with Crippen LogP contribution in [0.25, 0.3) is 0 Å². The number of carboxylic acids is 1. The third-order valence-electron chi connectivity index (χ3n) is 4.06. The number of hydrogen-bond acceptors (Lipinski definition) is 6. The van der Waals surface area contributed by atoms with Gasteiger partial charge in [-0.25, -0.2) is 13.2 Å². The molecule has 1 aromatic carbocycles. The number of nitro groups is 1. The molecule has 1 aliphatic rings. The number of nitro benzene ring substituents is 1. The number of nitrogens with zero attached hydrogens (tertiary/aromatic N) is 1. The van der Waals surface area contributed by atoms with Crippen LogP contribution >= 0.6 is 0 Å². The van der Waals surface area contributed by atoms with Gasteiger partial charge in [-0.3, -0.25) is 10.1 Å². The van der Waals surface area contributed by atoms with Gasteiger partial charge in [0.05, 0.1) is 27.1 Å². The number of nitrogens with one attached hydrogen (secondary N) is 1. The van der Waals surface area contributed by atoms with Crippen LogP contribution in [0.2, 0.25) is 0 Å². The maximum absolute atomic E-state index is 12.6. The zero-order chi connectivity index (χ0) is 18.9. The third-order valence-corrected chi connectivity index (χ3v) is 6.03. The fourth-order valence-corrected chi connectivity index (χ4v) is 4.40. The van der Waals surface area contributed by atoms with Gasteiger partial charge in [-0.05, 0) is 19.4 Å². The predicted molar refractivity (Wildman–Crippen MR) is 91.5 cm³/mol. The molecule has 134 valence electrons. The summed E-state index contributed by atoms with van der Waals surface area (Å²) in [6, 6.07) is 5.39. The average Bonchev–Trinajstić information content (AvgIpc) is 2.53. The van der Waals surface area contributed by atoms with E-state index < -0.39 is 26.6 Å². The van der Waals surface area contributed by atoms with Crippen molar-refractivity contribution in [2.75, 3.05) is 5.75 Å². The van der Waals surface area contributed by atoms with Crippen LogP contribution in [0.5, 0.6) is 0 Å². The number of carboxylic acid groups (broad SMARTS) is 1.